The Labute approximate surface area is 124 Å². The summed E-state index contributed by atoms with van der Waals surface area (Å²) in [6, 6.07) is 0. The molecule has 0 aromatic carbocycles. The number of hydrogen-bond acceptors (Lipinski definition) is 2. The van der Waals surface area contributed by atoms with Gasteiger partial charge in [-0.25, -0.2) is 0 Å². The quantitative estimate of drug-likeness (QED) is 0.894. The van der Waals surface area contributed by atoms with E-state index in [0.717, 1.165) is 36.0 Å². The van der Waals surface area contributed by atoms with Gasteiger partial charge in [-0.3, -0.25) is 4.68 Å². The van der Waals surface area contributed by atoms with Crippen LogP contribution in [0.15, 0.2) is 10.7 Å². The summed E-state index contributed by atoms with van der Waals surface area (Å²) in [6.07, 6.45) is 7.07. The molecule has 3 nitrogen and oxygen atoms in total. The van der Waals surface area contributed by atoms with Crippen LogP contribution in [0.4, 0.5) is 0 Å². The Morgan fingerprint density at radius 2 is 2.11 bits per heavy atom. The van der Waals surface area contributed by atoms with Gasteiger partial charge in [0.05, 0.1) is 22.5 Å². The first kappa shape index (κ1) is 15.0. The number of aryl methyl sites for hydroxylation is 1. The van der Waals surface area contributed by atoms with Gasteiger partial charge in [0.1, 0.15) is 0 Å². The molecule has 1 saturated carbocycles. The number of hydrogen-bond donors (Lipinski definition) is 1. The molecule has 0 aliphatic heterocycles. The van der Waals surface area contributed by atoms with Crippen molar-refractivity contribution in [2.24, 2.45) is 11.3 Å². The number of aliphatic hydroxyl groups excluding tert-OH is 1. The Morgan fingerprint density at radius 1 is 1.47 bits per heavy atom. The smallest absolute Gasteiger partial charge is 0.0996 e. The van der Waals surface area contributed by atoms with E-state index in [-0.39, 0.29) is 6.10 Å². The summed E-state index contributed by atoms with van der Waals surface area (Å²) >= 11 is 3.53. The summed E-state index contributed by atoms with van der Waals surface area (Å²) in [5, 5.41) is 15.1. The first-order valence-corrected chi connectivity index (χ1v) is 8.13. The van der Waals surface area contributed by atoms with Crippen molar-refractivity contribution in [1.82, 2.24) is 9.78 Å². The molecule has 1 aliphatic carbocycles. The van der Waals surface area contributed by atoms with Crippen LogP contribution in [-0.4, -0.2) is 14.9 Å². The summed E-state index contributed by atoms with van der Waals surface area (Å²) in [5.74, 6) is 0.372. The summed E-state index contributed by atoms with van der Waals surface area (Å²) in [5.41, 5.74) is 1.41. The third-order valence-electron chi connectivity index (χ3n) is 4.38. The minimum Gasteiger partial charge on any atom is -0.386 e. The lowest BCUT2D eigenvalue weighted by molar-refractivity contribution is 0.0500. The summed E-state index contributed by atoms with van der Waals surface area (Å²) in [6.45, 7) is 7.66. The average molecular weight is 329 g/mol. The van der Waals surface area contributed by atoms with Gasteiger partial charge in [-0.2, -0.15) is 5.10 Å². The van der Waals surface area contributed by atoms with Gasteiger partial charge in [0.2, 0.25) is 0 Å². The average Bonchev–Trinajstić information content (AvgIpc) is 2.70. The van der Waals surface area contributed by atoms with E-state index >= 15 is 0 Å². The van der Waals surface area contributed by atoms with Gasteiger partial charge in [0, 0.05) is 6.54 Å². The second kappa shape index (κ2) is 5.96. The normalized spacial score (nSPS) is 21.5. The van der Waals surface area contributed by atoms with E-state index in [1.807, 2.05) is 4.68 Å². The fourth-order valence-electron chi connectivity index (χ4n) is 3.02. The summed E-state index contributed by atoms with van der Waals surface area (Å²) < 4.78 is 2.90. The van der Waals surface area contributed by atoms with Crippen molar-refractivity contribution in [1.29, 1.82) is 0 Å². The number of nitrogens with zero attached hydrogens (tertiary/aromatic N) is 2. The van der Waals surface area contributed by atoms with Crippen LogP contribution in [-0.2, 0) is 6.54 Å². The van der Waals surface area contributed by atoms with Crippen molar-refractivity contribution in [3.8, 4) is 0 Å². The molecule has 0 radical (unpaired) electrons. The van der Waals surface area contributed by atoms with Crippen molar-refractivity contribution in [2.45, 2.75) is 65.5 Å². The molecule has 19 heavy (non-hydrogen) atoms. The zero-order chi connectivity index (χ0) is 14.0. The van der Waals surface area contributed by atoms with Gasteiger partial charge >= 0.3 is 0 Å². The van der Waals surface area contributed by atoms with Crippen molar-refractivity contribution in [2.75, 3.05) is 0 Å². The molecule has 0 bridgehead atoms. The monoisotopic (exact) mass is 328 g/mol. The highest BCUT2D eigenvalue weighted by molar-refractivity contribution is 9.10. The van der Waals surface area contributed by atoms with Crippen LogP contribution in [0.3, 0.4) is 0 Å². The summed E-state index contributed by atoms with van der Waals surface area (Å²) in [7, 11) is 0. The van der Waals surface area contributed by atoms with Crippen LogP contribution >= 0.6 is 15.9 Å². The van der Waals surface area contributed by atoms with Gasteiger partial charge in [-0.05, 0) is 59.4 Å². The lowest BCUT2D eigenvalue weighted by atomic mass is 9.71. The van der Waals surface area contributed by atoms with Crippen LogP contribution < -0.4 is 0 Å². The maximum absolute atomic E-state index is 10.7. The van der Waals surface area contributed by atoms with E-state index in [9.17, 15) is 5.11 Å². The Hall–Kier alpha value is -0.350. The SMILES string of the molecule is CCCn1ncc(Br)c1C(O)C1CCC(C)(C)CC1. The topological polar surface area (TPSA) is 38.0 Å². The lowest BCUT2D eigenvalue weighted by Gasteiger charge is -2.36. The second-order valence-corrected chi connectivity index (χ2v) is 7.40. The lowest BCUT2D eigenvalue weighted by Crippen LogP contribution is -2.26. The molecule has 0 saturated heterocycles. The molecule has 1 aromatic heterocycles. The third kappa shape index (κ3) is 3.40. The predicted molar refractivity (Wildman–Crippen MR) is 80.9 cm³/mol. The molecule has 0 spiro atoms. The largest absolute Gasteiger partial charge is 0.386 e. The Morgan fingerprint density at radius 3 is 2.68 bits per heavy atom. The van der Waals surface area contributed by atoms with Crippen LogP contribution in [0, 0.1) is 11.3 Å². The molecule has 2 rings (SSSR count). The number of aliphatic hydroxyl groups is 1. The molecule has 1 unspecified atom stereocenters. The highest BCUT2D eigenvalue weighted by atomic mass is 79.9. The number of aromatic nitrogens is 2. The molecule has 1 aromatic rings. The first-order valence-electron chi connectivity index (χ1n) is 7.34. The van der Waals surface area contributed by atoms with Crippen molar-refractivity contribution in [3.63, 3.8) is 0 Å². The minimum absolute atomic E-state index is 0.372. The molecule has 1 N–H and O–H groups in total. The standard InChI is InChI=1S/C15H25BrN2O/c1-4-9-18-13(12(16)10-17-18)14(19)11-5-7-15(2,3)8-6-11/h10-11,14,19H,4-9H2,1-3H3. The van der Waals surface area contributed by atoms with E-state index in [4.69, 9.17) is 0 Å². The molecular weight excluding hydrogens is 304 g/mol. The maximum Gasteiger partial charge on any atom is 0.0996 e. The Balaban J connectivity index is 2.11. The van der Waals surface area contributed by atoms with E-state index in [1.165, 1.54) is 12.8 Å². The van der Waals surface area contributed by atoms with E-state index in [1.54, 1.807) is 6.20 Å². The van der Waals surface area contributed by atoms with Gasteiger partial charge in [0.25, 0.3) is 0 Å². The van der Waals surface area contributed by atoms with Crippen LogP contribution in [0.25, 0.3) is 0 Å². The molecular formula is C15H25BrN2O. The molecule has 4 heteroatoms. The van der Waals surface area contributed by atoms with Gasteiger partial charge < -0.3 is 5.11 Å². The molecule has 1 heterocycles. The first-order chi connectivity index (χ1) is 8.94. The highest BCUT2D eigenvalue weighted by Gasteiger charge is 2.33. The number of rotatable bonds is 4. The van der Waals surface area contributed by atoms with Gasteiger partial charge in [0.15, 0.2) is 0 Å². The van der Waals surface area contributed by atoms with E-state index < -0.39 is 0 Å². The fraction of sp³-hybridized carbons (Fsp3) is 0.800. The van der Waals surface area contributed by atoms with Gasteiger partial charge in [-0.1, -0.05) is 20.8 Å². The van der Waals surface area contributed by atoms with Crippen LogP contribution in [0.1, 0.15) is 64.7 Å². The Bertz CT molecular complexity index is 418. The van der Waals surface area contributed by atoms with Gasteiger partial charge in [-0.15, -0.1) is 0 Å². The molecule has 1 fully saturated rings. The van der Waals surface area contributed by atoms with Crippen molar-refractivity contribution < 1.29 is 5.11 Å². The van der Waals surface area contributed by atoms with E-state index in [0.29, 0.717) is 11.3 Å². The Kier molecular flexibility index (Phi) is 4.72. The van der Waals surface area contributed by atoms with Crippen LogP contribution in [0.2, 0.25) is 0 Å². The minimum atomic E-state index is -0.389. The van der Waals surface area contributed by atoms with Crippen molar-refractivity contribution in [3.05, 3.63) is 16.4 Å². The van der Waals surface area contributed by atoms with Crippen LogP contribution in [0.5, 0.6) is 0 Å². The molecule has 0 amide bonds. The molecule has 1 aliphatic rings. The second-order valence-electron chi connectivity index (χ2n) is 6.55. The fourth-order valence-corrected chi connectivity index (χ4v) is 3.55. The number of halogens is 1. The highest BCUT2D eigenvalue weighted by Crippen LogP contribution is 2.43. The third-order valence-corrected chi connectivity index (χ3v) is 4.99. The molecule has 108 valence electrons. The zero-order valence-corrected chi connectivity index (χ0v) is 13.8. The van der Waals surface area contributed by atoms with E-state index in [2.05, 4.69) is 41.8 Å². The van der Waals surface area contributed by atoms with Crippen molar-refractivity contribution >= 4 is 15.9 Å². The summed E-state index contributed by atoms with van der Waals surface area (Å²) in [4.78, 5) is 0. The predicted octanol–water partition coefficient (Wildman–Crippen LogP) is 4.31. The maximum atomic E-state index is 10.7. The zero-order valence-electron chi connectivity index (χ0n) is 12.2. The molecule has 1 atom stereocenters.